The van der Waals surface area contributed by atoms with Crippen LogP contribution >= 0.6 is 0 Å². The minimum Gasteiger partial charge on any atom is -0.315 e. The van der Waals surface area contributed by atoms with Crippen LogP contribution in [0.1, 0.15) is 25.7 Å². The molecule has 13 heavy (non-hydrogen) atoms. The van der Waals surface area contributed by atoms with E-state index in [9.17, 15) is 0 Å². The smallest absolute Gasteiger partial charge is 0.0220 e. The number of hydrogen-bond donors (Lipinski definition) is 1. The van der Waals surface area contributed by atoms with Crippen LogP contribution < -0.4 is 5.32 Å². The lowest BCUT2D eigenvalue weighted by atomic mass is 10.2. The van der Waals surface area contributed by atoms with E-state index in [-0.39, 0.29) is 0 Å². The lowest BCUT2D eigenvalue weighted by molar-refractivity contribution is 0.271. The Balaban J connectivity index is 1.66. The Bertz CT molecular complexity index is 161. The molecule has 0 saturated heterocycles. The van der Waals surface area contributed by atoms with Gasteiger partial charge in [-0.1, -0.05) is 0 Å². The van der Waals surface area contributed by atoms with E-state index in [2.05, 4.69) is 24.3 Å². The fourth-order valence-electron chi connectivity index (χ4n) is 2.13. The third-order valence-corrected chi connectivity index (χ3v) is 3.34. The summed E-state index contributed by atoms with van der Waals surface area (Å²) in [6.45, 7) is 2.57. The van der Waals surface area contributed by atoms with Crippen LogP contribution in [0.4, 0.5) is 0 Å². The van der Waals surface area contributed by atoms with E-state index in [4.69, 9.17) is 0 Å². The minimum absolute atomic E-state index is 0.753. The van der Waals surface area contributed by atoms with Crippen molar-refractivity contribution in [2.24, 2.45) is 11.8 Å². The Morgan fingerprint density at radius 3 is 2.46 bits per heavy atom. The van der Waals surface area contributed by atoms with Crippen LogP contribution in [0.5, 0.6) is 0 Å². The summed E-state index contributed by atoms with van der Waals surface area (Å²) in [6.07, 6.45) is 5.83. The lowest BCUT2D eigenvalue weighted by Crippen LogP contribution is -2.39. The van der Waals surface area contributed by atoms with Gasteiger partial charge in [0.2, 0.25) is 0 Å². The molecular weight excluding hydrogens is 160 g/mol. The first kappa shape index (κ1) is 9.47. The van der Waals surface area contributed by atoms with Crippen molar-refractivity contribution in [3.8, 4) is 0 Å². The molecule has 0 spiro atoms. The van der Waals surface area contributed by atoms with Gasteiger partial charge in [-0.25, -0.2) is 0 Å². The lowest BCUT2D eigenvalue weighted by Gasteiger charge is -2.23. The predicted octanol–water partition coefficient (Wildman–Crippen LogP) is 1.33. The Kier molecular flexibility index (Phi) is 2.89. The summed E-state index contributed by atoms with van der Waals surface area (Å²) in [7, 11) is 4.37. The Morgan fingerprint density at radius 1 is 1.31 bits per heavy atom. The first-order valence-electron chi connectivity index (χ1n) is 5.65. The monoisotopic (exact) mass is 182 g/mol. The zero-order valence-electron chi connectivity index (χ0n) is 8.92. The van der Waals surface area contributed by atoms with Crippen LogP contribution in [0.25, 0.3) is 0 Å². The Morgan fingerprint density at radius 2 is 2.00 bits per heavy atom. The minimum atomic E-state index is 0.753. The highest BCUT2D eigenvalue weighted by Crippen LogP contribution is 2.33. The molecule has 0 amide bonds. The zero-order chi connectivity index (χ0) is 9.26. The summed E-state index contributed by atoms with van der Waals surface area (Å²) >= 11 is 0. The molecule has 2 aliphatic rings. The average molecular weight is 182 g/mol. The molecule has 0 radical (unpaired) electrons. The summed E-state index contributed by atoms with van der Waals surface area (Å²) in [5, 5.41) is 3.45. The van der Waals surface area contributed by atoms with Gasteiger partial charge in [-0.15, -0.1) is 0 Å². The van der Waals surface area contributed by atoms with E-state index in [0.29, 0.717) is 0 Å². The zero-order valence-corrected chi connectivity index (χ0v) is 8.92. The van der Waals surface area contributed by atoms with Crippen LogP contribution in [0.2, 0.25) is 0 Å². The van der Waals surface area contributed by atoms with E-state index in [0.717, 1.165) is 17.9 Å². The van der Waals surface area contributed by atoms with E-state index >= 15 is 0 Å². The van der Waals surface area contributed by atoms with Gasteiger partial charge >= 0.3 is 0 Å². The second-order valence-electron chi connectivity index (χ2n) is 4.90. The van der Waals surface area contributed by atoms with Crippen LogP contribution in [0.15, 0.2) is 0 Å². The molecule has 2 rings (SSSR count). The van der Waals surface area contributed by atoms with Crippen molar-refractivity contribution in [2.45, 2.75) is 31.7 Å². The van der Waals surface area contributed by atoms with E-state index in [1.54, 1.807) is 0 Å². The summed E-state index contributed by atoms with van der Waals surface area (Å²) in [6, 6.07) is 0.753. The van der Waals surface area contributed by atoms with Gasteiger partial charge in [0.1, 0.15) is 0 Å². The molecule has 76 valence electrons. The normalized spacial score (nSPS) is 25.2. The van der Waals surface area contributed by atoms with Crippen molar-refractivity contribution in [2.75, 3.05) is 27.2 Å². The molecule has 0 aromatic rings. The first-order chi connectivity index (χ1) is 6.29. The van der Waals surface area contributed by atoms with Crippen molar-refractivity contribution in [3.63, 3.8) is 0 Å². The van der Waals surface area contributed by atoms with E-state index in [1.165, 1.54) is 38.8 Å². The summed E-state index contributed by atoms with van der Waals surface area (Å²) in [5.74, 6) is 2.01. The van der Waals surface area contributed by atoms with Crippen molar-refractivity contribution in [1.82, 2.24) is 10.2 Å². The summed E-state index contributed by atoms with van der Waals surface area (Å²) in [5.41, 5.74) is 0. The fraction of sp³-hybridized carbons (Fsp3) is 1.00. The number of rotatable bonds is 6. The van der Waals surface area contributed by atoms with Gasteiger partial charge in [0.25, 0.3) is 0 Å². The Hall–Kier alpha value is -0.0800. The standard InChI is InChI=1S/C11H22N2/c1-12-11(10-5-6-10)8-13(2)7-9-3-4-9/h9-12H,3-8H2,1-2H3. The number of nitrogens with zero attached hydrogens (tertiary/aromatic N) is 1. The van der Waals surface area contributed by atoms with Crippen LogP contribution in [0, 0.1) is 11.8 Å². The second-order valence-corrected chi connectivity index (χ2v) is 4.90. The van der Waals surface area contributed by atoms with Crippen molar-refractivity contribution in [3.05, 3.63) is 0 Å². The van der Waals surface area contributed by atoms with Crippen molar-refractivity contribution < 1.29 is 0 Å². The highest BCUT2D eigenvalue weighted by Gasteiger charge is 2.31. The highest BCUT2D eigenvalue weighted by molar-refractivity contribution is 4.88. The maximum atomic E-state index is 3.45. The van der Waals surface area contributed by atoms with Gasteiger partial charge in [-0.3, -0.25) is 0 Å². The maximum Gasteiger partial charge on any atom is 0.0220 e. The van der Waals surface area contributed by atoms with Gasteiger partial charge in [-0.2, -0.15) is 0 Å². The van der Waals surface area contributed by atoms with Crippen LogP contribution in [-0.4, -0.2) is 38.1 Å². The molecule has 2 heteroatoms. The van der Waals surface area contributed by atoms with Gasteiger partial charge in [0.05, 0.1) is 0 Å². The molecule has 0 aromatic carbocycles. The van der Waals surface area contributed by atoms with Gasteiger partial charge in [-0.05, 0) is 51.6 Å². The maximum absolute atomic E-state index is 3.45. The Labute approximate surface area is 81.7 Å². The molecule has 1 atom stereocenters. The fourth-order valence-corrected chi connectivity index (χ4v) is 2.13. The van der Waals surface area contributed by atoms with Crippen LogP contribution in [-0.2, 0) is 0 Å². The number of likely N-dealkylation sites (N-methyl/N-ethyl adjacent to an activating group) is 2. The molecule has 0 bridgehead atoms. The van der Waals surface area contributed by atoms with Crippen LogP contribution in [0.3, 0.4) is 0 Å². The van der Waals surface area contributed by atoms with E-state index in [1.807, 2.05) is 0 Å². The number of nitrogens with one attached hydrogen (secondary N) is 1. The largest absolute Gasteiger partial charge is 0.315 e. The summed E-state index contributed by atoms with van der Waals surface area (Å²) < 4.78 is 0. The van der Waals surface area contributed by atoms with Crippen molar-refractivity contribution >= 4 is 0 Å². The van der Waals surface area contributed by atoms with E-state index < -0.39 is 0 Å². The molecule has 2 saturated carbocycles. The predicted molar refractivity (Wildman–Crippen MR) is 55.8 cm³/mol. The summed E-state index contributed by atoms with van der Waals surface area (Å²) in [4.78, 5) is 2.51. The first-order valence-corrected chi connectivity index (χ1v) is 5.65. The highest BCUT2D eigenvalue weighted by atomic mass is 15.1. The molecule has 0 heterocycles. The molecule has 2 aliphatic carbocycles. The topological polar surface area (TPSA) is 15.3 Å². The third-order valence-electron chi connectivity index (χ3n) is 3.34. The molecule has 2 fully saturated rings. The molecule has 0 aliphatic heterocycles. The molecule has 1 N–H and O–H groups in total. The van der Waals surface area contributed by atoms with Gasteiger partial charge < -0.3 is 10.2 Å². The SMILES string of the molecule is CNC(CN(C)CC1CC1)C1CC1. The average Bonchev–Trinajstić information content (AvgIpc) is 2.91. The number of hydrogen-bond acceptors (Lipinski definition) is 2. The molecular formula is C11H22N2. The van der Waals surface area contributed by atoms with Crippen molar-refractivity contribution in [1.29, 1.82) is 0 Å². The van der Waals surface area contributed by atoms with Gasteiger partial charge in [0.15, 0.2) is 0 Å². The molecule has 0 aromatic heterocycles. The third kappa shape index (κ3) is 2.96. The van der Waals surface area contributed by atoms with Gasteiger partial charge in [0, 0.05) is 19.1 Å². The second kappa shape index (κ2) is 3.97. The molecule has 2 nitrogen and oxygen atoms in total. The molecule has 1 unspecified atom stereocenters. The quantitative estimate of drug-likeness (QED) is 0.666.